The van der Waals surface area contributed by atoms with Gasteiger partial charge in [0, 0.05) is 32.1 Å². The standard InChI is InChI=1S/C17H21Cl3N2O3S/c18-13-10-15(20)16(11-14(13)19)26(24,25)22-8-6-21(7-9-22)17(23)12-4-2-1-3-5-12/h10-12H,1-9H2. The molecule has 9 heteroatoms. The van der Waals surface area contributed by atoms with Crippen molar-refractivity contribution in [1.29, 1.82) is 0 Å². The van der Waals surface area contributed by atoms with E-state index in [1.807, 2.05) is 0 Å². The van der Waals surface area contributed by atoms with Crippen LogP contribution < -0.4 is 0 Å². The topological polar surface area (TPSA) is 57.7 Å². The van der Waals surface area contributed by atoms with E-state index >= 15 is 0 Å². The fourth-order valence-electron chi connectivity index (χ4n) is 3.60. The number of carbonyl (C=O) groups is 1. The highest BCUT2D eigenvalue weighted by Crippen LogP contribution is 2.33. The van der Waals surface area contributed by atoms with E-state index in [9.17, 15) is 13.2 Å². The Balaban J connectivity index is 1.69. The number of benzene rings is 1. The fraction of sp³-hybridized carbons (Fsp3) is 0.588. The molecule has 1 saturated carbocycles. The summed E-state index contributed by atoms with van der Waals surface area (Å²) in [5.74, 6) is 0.255. The largest absolute Gasteiger partial charge is 0.340 e. The van der Waals surface area contributed by atoms with Crippen molar-refractivity contribution in [2.75, 3.05) is 26.2 Å². The molecule has 1 saturated heterocycles. The van der Waals surface area contributed by atoms with Crippen molar-refractivity contribution in [2.24, 2.45) is 5.92 Å². The van der Waals surface area contributed by atoms with E-state index in [1.165, 1.54) is 22.9 Å². The lowest BCUT2D eigenvalue weighted by molar-refractivity contribution is -0.137. The van der Waals surface area contributed by atoms with Gasteiger partial charge in [0.05, 0.1) is 15.1 Å². The van der Waals surface area contributed by atoms with Crippen LogP contribution >= 0.6 is 34.8 Å². The summed E-state index contributed by atoms with van der Waals surface area (Å²) < 4.78 is 27.1. The number of carbonyl (C=O) groups excluding carboxylic acids is 1. The van der Waals surface area contributed by atoms with Crippen LogP contribution in [0.3, 0.4) is 0 Å². The summed E-state index contributed by atoms with van der Waals surface area (Å²) in [6.45, 7) is 1.29. The highest BCUT2D eigenvalue weighted by molar-refractivity contribution is 7.89. The summed E-state index contributed by atoms with van der Waals surface area (Å²) in [7, 11) is -3.79. The average Bonchev–Trinajstić information content (AvgIpc) is 2.65. The minimum Gasteiger partial charge on any atom is -0.340 e. The third-order valence-corrected chi connectivity index (χ3v) is 8.18. The molecule has 1 heterocycles. The Hall–Kier alpha value is -0.530. The molecular formula is C17H21Cl3N2O3S. The van der Waals surface area contributed by atoms with E-state index < -0.39 is 10.0 Å². The van der Waals surface area contributed by atoms with Crippen molar-refractivity contribution in [2.45, 2.75) is 37.0 Å². The predicted molar refractivity (Wildman–Crippen MR) is 103 cm³/mol. The highest BCUT2D eigenvalue weighted by Gasteiger charge is 2.34. The number of rotatable bonds is 3. The van der Waals surface area contributed by atoms with E-state index in [0.717, 1.165) is 25.7 Å². The van der Waals surface area contributed by atoms with Gasteiger partial charge < -0.3 is 4.90 Å². The van der Waals surface area contributed by atoms with Crippen LogP contribution in [0.25, 0.3) is 0 Å². The average molecular weight is 440 g/mol. The van der Waals surface area contributed by atoms with Crippen LogP contribution in [0.1, 0.15) is 32.1 Å². The first-order valence-corrected chi connectivity index (χ1v) is 11.3. The van der Waals surface area contributed by atoms with E-state index in [0.29, 0.717) is 13.1 Å². The molecule has 2 aliphatic rings. The van der Waals surface area contributed by atoms with Crippen LogP contribution in [-0.2, 0) is 14.8 Å². The van der Waals surface area contributed by atoms with Crippen LogP contribution in [-0.4, -0.2) is 49.7 Å². The van der Waals surface area contributed by atoms with Gasteiger partial charge in [-0.2, -0.15) is 4.31 Å². The molecule has 26 heavy (non-hydrogen) atoms. The maximum Gasteiger partial charge on any atom is 0.244 e. The Labute approximate surface area is 169 Å². The molecule has 1 aliphatic carbocycles. The molecule has 2 fully saturated rings. The predicted octanol–water partition coefficient (Wildman–Crippen LogP) is 4.06. The second kappa shape index (κ2) is 8.23. The van der Waals surface area contributed by atoms with Crippen LogP contribution in [0.4, 0.5) is 0 Å². The van der Waals surface area contributed by atoms with E-state index in [2.05, 4.69) is 0 Å². The van der Waals surface area contributed by atoms with E-state index in [4.69, 9.17) is 34.8 Å². The summed E-state index contributed by atoms with van der Waals surface area (Å²) in [4.78, 5) is 14.4. The van der Waals surface area contributed by atoms with Crippen molar-refractivity contribution in [3.8, 4) is 0 Å². The molecule has 0 radical (unpaired) electrons. The van der Waals surface area contributed by atoms with Gasteiger partial charge >= 0.3 is 0 Å². The number of amides is 1. The molecule has 0 N–H and O–H groups in total. The van der Waals surface area contributed by atoms with Crippen molar-refractivity contribution < 1.29 is 13.2 Å². The Morgan fingerprint density at radius 2 is 1.46 bits per heavy atom. The lowest BCUT2D eigenvalue weighted by Gasteiger charge is -2.36. The summed E-state index contributed by atoms with van der Waals surface area (Å²) in [6, 6.07) is 2.61. The second-order valence-electron chi connectivity index (χ2n) is 6.76. The molecule has 0 atom stereocenters. The number of hydrogen-bond donors (Lipinski definition) is 0. The van der Waals surface area contributed by atoms with Crippen molar-refractivity contribution in [1.82, 2.24) is 9.21 Å². The molecule has 0 bridgehead atoms. The molecule has 5 nitrogen and oxygen atoms in total. The van der Waals surface area contributed by atoms with Gasteiger partial charge in [-0.1, -0.05) is 54.1 Å². The summed E-state index contributed by atoms with van der Waals surface area (Å²) >= 11 is 17.9. The molecular weight excluding hydrogens is 419 g/mol. The SMILES string of the molecule is O=C(C1CCCCC1)N1CCN(S(=O)(=O)c2cc(Cl)c(Cl)cc2Cl)CC1. The van der Waals surface area contributed by atoms with Gasteiger partial charge in [-0.3, -0.25) is 4.79 Å². The number of piperazine rings is 1. The first kappa shape index (κ1) is 20.2. The first-order valence-electron chi connectivity index (χ1n) is 8.74. The maximum absolute atomic E-state index is 12.9. The Kier molecular flexibility index (Phi) is 6.40. The normalized spacial score (nSPS) is 20.3. The minimum atomic E-state index is -3.79. The third kappa shape index (κ3) is 4.14. The van der Waals surface area contributed by atoms with Crippen LogP contribution in [0.5, 0.6) is 0 Å². The minimum absolute atomic E-state index is 0.0418. The summed E-state index contributed by atoms with van der Waals surface area (Å²) in [5.41, 5.74) is 0. The van der Waals surface area contributed by atoms with Gasteiger partial charge in [-0.05, 0) is 25.0 Å². The zero-order valence-corrected chi connectivity index (χ0v) is 17.3. The number of halogens is 3. The van der Waals surface area contributed by atoms with Crippen LogP contribution in [0.15, 0.2) is 17.0 Å². The first-order chi connectivity index (χ1) is 12.3. The number of nitrogens with zero attached hydrogens (tertiary/aromatic N) is 2. The van der Waals surface area contributed by atoms with Gasteiger partial charge in [0.15, 0.2) is 0 Å². The molecule has 1 aromatic carbocycles. The van der Waals surface area contributed by atoms with Gasteiger partial charge in [0.1, 0.15) is 4.90 Å². The fourth-order valence-corrected chi connectivity index (χ4v) is 6.00. The van der Waals surface area contributed by atoms with Crippen molar-refractivity contribution >= 4 is 50.7 Å². The monoisotopic (exact) mass is 438 g/mol. The molecule has 0 spiro atoms. The number of hydrogen-bond acceptors (Lipinski definition) is 3. The van der Waals surface area contributed by atoms with E-state index in [-0.39, 0.29) is 44.9 Å². The molecule has 144 valence electrons. The highest BCUT2D eigenvalue weighted by atomic mass is 35.5. The molecule has 0 aromatic heterocycles. The Morgan fingerprint density at radius 1 is 0.885 bits per heavy atom. The molecule has 1 amide bonds. The Morgan fingerprint density at radius 3 is 2.08 bits per heavy atom. The number of sulfonamides is 1. The third-order valence-electron chi connectivity index (χ3n) is 5.10. The van der Waals surface area contributed by atoms with Gasteiger partial charge in [0.2, 0.25) is 15.9 Å². The lowest BCUT2D eigenvalue weighted by Crippen LogP contribution is -2.52. The summed E-state index contributed by atoms with van der Waals surface area (Å²) in [5, 5.41) is 0.388. The van der Waals surface area contributed by atoms with Crippen LogP contribution in [0.2, 0.25) is 15.1 Å². The van der Waals surface area contributed by atoms with Gasteiger partial charge in [-0.15, -0.1) is 0 Å². The van der Waals surface area contributed by atoms with Crippen LogP contribution in [0, 0.1) is 5.92 Å². The van der Waals surface area contributed by atoms with E-state index in [1.54, 1.807) is 4.90 Å². The zero-order valence-electron chi connectivity index (χ0n) is 14.3. The van der Waals surface area contributed by atoms with Crippen molar-refractivity contribution in [3.63, 3.8) is 0 Å². The molecule has 1 aliphatic heterocycles. The molecule has 1 aromatic rings. The van der Waals surface area contributed by atoms with Gasteiger partial charge in [-0.25, -0.2) is 8.42 Å². The molecule has 3 rings (SSSR count). The second-order valence-corrected chi connectivity index (χ2v) is 9.89. The zero-order chi connectivity index (χ0) is 18.9. The molecule has 0 unspecified atom stereocenters. The smallest absolute Gasteiger partial charge is 0.244 e. The lowest BCUT2D eigenvalue weighted by atomic mass is 9.88. The summed E-state index contributed by atoms with van der Waals surface area (Å²) in [6.07, 6.45) is 5.27. The maximum atomic E-state index is 12.9. The quantitative estimate of drug-likeness (QED) is 0.667. The van der Waals surface area contributed by atoms with Gasteiger partial charge in [0.25, 0.3) is 0 Å². The Bertz CT molecular complexity index is 787. The van der Waals surface area contributed by atoms with Crippen molar-refractivity contribution in [3.05, 3.63) is 27.2 Å².